The summed E-state index contributed by atoms with van der Waals surface area (Å²) < 4.78 is 26.7. The molecule has 2 N–H and O–H groups in total. The third-order valence-corrected chi connectivity index (χ3v) is 2.66. The van der Waals surface area contributed by atoms with E-state index < -0.39 is 11.6 Å². The van der Waals surface area contributed by atoms with Crippen molar-refractivity contribution in [1.82, 2.24) is 4.98 Å². The number of rotatable bonds is 0. The minimum Gasteiger partial charge on any atom is -0.384 e. The van der Waals surface area contributed by atoms with Crippen molar-refractivity contribution in [2.45, 2.75) is 0 Å². The van der Waals surface area contributed by atoms with Crippen LogP contribution in [0.5, 0.6) is 0 Å². The molecule has 0 unspecified atom stereocenters. The summed E-state index contributed by atoms with van der Waals surface area (Å²) in [6, 6.07) is 3.05. The van der Waals surface area contributed by atoms with Crippen LogP contribution in [0.15, 0.2) is 18.3 Å². The van der Waals surface area contributed by atoms with E-state index in [-0.39, 0.29) is 8.96 Å². The van der Waals surface area contributed by atoms with Crippen molar-refractivity contribution in [3.8, 4) is 0 Å². The van der Waals surface area contributed by atoms with Gasteiger partial charge in [-0.3, -0.25) is 0 Å². The molecule has 5 heteroatoms. The van der Waals surface area contributed by atoms with Crippen molar-refractivity contribution in [1.29, 1.82) is 0 Å². The quantitative estimate of drug-likeness (QED) is 0.600. The molecule has 0 fully saturated rings. The number of hydrogen-bond donors (Lipinski definition) is 1. The second-order valence-corrected chi connectivity index (χ2v) is 3.98. The monoisotopic (exact) mass is 306 g/mol. The van der Waals surface area contributed by atoms with Crippen LogP contribution in [0.3, 0.4) is 0 Å². The van der Waals surface area contributed by atoms with E-state index >= 15 is 0 Å². The highest BCUT2D eigenvalue weighted by Gasteiger charge is 2.11. The highest BCUT2D eigenvalue weighted by molar-refractivity contribution is 14.1. The van der Waals surface area contributed by atoms with Gasteiger partial charge in [-0.25, -0.2) is 13.8 Å². The summed E-state index contributed by atoms with van der Waals surface area (Å²) in [5.41, 5.74) is 5.43. The third kappa shape index (κ3) is 1.41. The summed E-state index contributed by atoms with van der Waals surface area (Å²) >= 11 is 1.73. The number of nitrogens with zero attached hydrogens (tertiary/aromatic N) is 1. The van der Waals surface area contributed by atoms with Gasteiger partial charge in [-0.2, -0.15) is 0 Å². The number of benzene rings is 1. The van der Waals surface area contributed by atoms with Gasteiger partial charge in [-0.15, -0.1) is 0 Å². The SMILES string of the molecule is Nc1cc2cc(I)c(F)c(F)c2cn1. The zero-order valence-electron chi connectivity index (χ0n) is 6.89. The predicted octanol–water partition coefficient (Wildman–Crippen LogP) is 2.70. The normalized spacial score (nSPS) is 10.8. The van der Waals surface area contributed by atoms with E-state index in [9.17, 15) is 8.78 Å². The van der Waals surface area contributed by atoms with E-state index in [2.05, 4.69) is 4.98 Å². The Morgan fingerprint density at radius 2 is 1.93 bits per heavy atom. The fourth-order valence-corrected chi connectivity index (χ4v) is 1.79. The van der Waals surface area contributed by atoms with Crippen molar-refractivity contribution in [2.24, 2.45) is 0 Å². The van der Waals surface area contributed by atoms with Gasteiger partial charge in [-0.1, -0.05) is 0 Å². The van der Waals surface area contributed by atoms with Gasteiger partial charge in [0, 0.05) is 11.6 Å². The summed E-state index contributed by atoms with van der Waals surface area (Å²) in [5.74, 6) is -1.43. The average Bonchev–Trinajstić information content (AvgIpc) is 2.14. The van der Waals surface area contributed by atoms with E-state index in [0.717, 1.165) is 0 Å². The highest BCUT2D eigenvalue weighted by atomic mass is 127. The van der Waals surface area contributed by atoms with E-state index in [1.807, 2.05) is 0 Å². The summed E-state index contributed by atoms with van der Waals surface area (Å²) in [6.07, 6.45) is 1.24. The molecule has 0 aliphatic heterocycles. The van der Waals surface area contributed by atoms with Crippen LogP contribution in [0, 0.1) is 15.2 Å². The van der Waals surface area contributed by atoms with Gasteiger partial charge >= 0.3 is 0 Å². The number of aromatic nitrogens is 1. The first kappa shape index (κ1) is 9.57. The molecular weight excluding hydrogens is 301 g/mol. The third-order valence-electron chi connectivity index (χ3n) is 1.88. The molecule has 2 nitrogen and oxygen atoms in total. The van der Waals surface area contributed by atoms with E-state index in [4.69, 9.17) is 5.73 Å². The van der Waals surface area contributed by atoms with Crippen molar-refractivity contribution < 1.29 is 8.78 Å². The molecule has 0 bridgehead atoms. The molecule has 14 heavy (non-hydrogen) atoms. The molecule has 72 valence electrons. The number of pyridine rings is 1. The van der Waals surface area contributed by atoms with Gasteiger partial charge < -0.3 is 5.73 Å². The Morgan fingerprint density at radius 3 is 2.64 bits per heavy atom. The van der Waals surface area contributed by atoms with Gasteiger partial charge in [0.25, 0.3) is 0 Å². The number of hydrogen-bond acceptors (Lipinski definition) is 2. The van der Waals surface area contributed by atoms with Gasteiger partial charge in [0.05, 0.1) is 3.57 Å². The summed E-state index contributed by atoms with van der Waals surface area (Å²) in [5, 5.41) is 0.706. The first-order chi connectivity index (χ1) is 6.59. The zero-order valence-corrected chi connectivity index (χ0v) is 9.05. The Balaban J connectivity index is 2.91. The molecule has 0 amide bonds. The molecule has 0 aliphatic rings. The van der Waals surface area contributed by atoms with Crippen molar-refractivity contribution in [3.63, 3.8) is 0 Å². The molecule has 0 saturated carbocycles. The summed E-state index contributed by atoms with van der Waals surface area (Å²) in [4.78, 5) is 3.71. The first-order valence-electron chi connectivity index (χ1n) is 3.78. The maximum atomic E-state index is 13.3. The van der Waals surface area contributed by atoms with Gasteiger partial charge in [0.2, 0.25) is 0 Å². The van der Waals surface area contributed by atoms with Crippen LogP contribution in [-0.4, -0.2) is 4.98 Å². The molecule has 2 rings (SSSR count). The second kappa shape index (κ2) is 3.30. The number of nitrogens with two attached hydrogens (primary N) is 1. The minimum atomic E-state index is -0.876. The molecule has 0 spiro atoms. The Labute approximate surface area is 92.3 Å². The Kier molecular flexibility index (Phi) is 2.26. The second-order valence-electron chi connectivity index (χ2n) is 2.82. The Bertz CT molecular complexity index is 514. The lowest BCUT2D eigenvalue weighted by Crippen LogP contribution is -1.94. The largest absolute Gasteiger partial charge is 0.384 e. The number of halogens is 3. The van der Waals surface area contributed by atoms with Gasteiger partial charge in [-0.05, 0) is 40.1 Å². The lowest BCUT2D eigenvalue weighted by molar-refractivity contribution is 0.512. The lowest BCUT2D eigenvalue weighted by Gasteiger charge is -2.03. The smallest absolute Gasteiger partial charge is 0.172 e. The maximum Gasteiger partial charge on any atom is 0.172 e. The van der Waals surface area contributed by atoms with Crippen LogP contribution >= 0.6 is 22.6 Å². The van der Waals surface area contributed by atoms with Crippen LogP contribution in [0.25, 0.3) is 10.8 Å². The molecule has 1 aromatic heterocycles. The topological polar surface area (TPSA) is 38.9 Å². The fourth-order valence-electron chi connectivity index (χ4n) is 1.21. The fraction of sp³-hybridized carbons (Fsp3) is 0. The number of anilines is 1. The molecule has 0 aliphatic carbocycles. The zero-order chi connectivity index (χ0) is 10.3. The van der Waals surface area contributed by atoms with Crippen molar-refractivity contribution in [3.05, 3.63) is 33.5 Å². The van der Waals surface area contributed by atoms with E-state index in [1.165, 1.54) is 18.3 Å². The van der Waals surface area contributed by atoms with Gasteiger partial charge in [0.1, 0.15) is 5.82 Å². The standard InChI is InChI=1S/C9H5F2IN2/c10-8-5-3-14-7(13)2-4(5)1-6(12)9(8)11/h1-3H,(H2,13,14). The molecule has 2 aromatic rings. The van der Waals surface area contributed by atoms with E-state index in [0.29, 0.717) is 11.2 Å². The van der Waals surface area contributed by atoms with Crippen LogP contribution in [0.2, 0.25) is 0 Å². The molecule has 1 heterocycles. The van der Waals surface area contributed by atoms with Crippen molar-refractivity contribution in [2.75, 3.05) is 5.73 Å². The van der Waals surface area contributed by atoms with Crippen LogP contribution in [0.4, 0.5) is 14.6 Å². The summed E-state index contributed by atoms with van der Waals surface area (Å²) in [6.45, 7) is 0. The molecule has 0 saturated heterocycles. The first-order valence-corrected chi connectivity index (χ1v) is 4.86. The number of fused-ring (bicyclic) bond motifs is 1. The minimum absolute atomic E-state index is 0.150. The molecule has 0 radical (unpaired) electrons. The predicted molar refractivity (Wildman–Crippen MR) is 58.8 cm³/mol. The Hall–Kier alpha value is -0.980. The maximum absolute atomic E-state index is 13.3. The lowest BCUT2D eigenvalue weighted by atomic mass is 10.1. The van der Waals surface area contributed by atoms with Gasteiger partial charge in [0.15, 0.2) is 11.6 Å². The van der Waals surface area contributed by atoms with Crippen LogP contribution in [0.1, 0.15) is 0 Å². The highest BCUT2D eigenvalue weighted by Crippen LogP contribution is 2.25. The Morgan fingerprint density at radius 1 is 1.21 bits per heavy atom. The molecular formula is C9H5F2IN2. The number of nitrogen functional groups attached to an aromatic ring is 1. The van der Waals surface area contributed by atoms with E-state index in [1.54, 1.807) is 22.6 Å². The van der Waals surface area contributed by atoms with Crippen LogP contribution in [-0.2, 0) is 0 Å². The summed E-state index contributed by atoms with van der Waals surface area (Å²) in [7, 11) is 0. The van der Waals surface area contributed by atoms with Crippen LogP contribution < -0.4 is 5.73 Å². The van der Waals surface area contributed by atoms with Crippen molar-refractivity contribution >= 4 is 39.2 Å². The average molecular weight is 306 g/mol. The molecule has 0 atom stereocenters. The molecule has 1 aromatic carbocycles.